The molecule has 4 heterocycles. The molecule has 0 aliphatic rings. The number of pyridine rings is 1. The first-order chi connectivity index (χ1) is 19.6. The van der Waals surface area contributed by atoms with Crippen LogP contribution < -0.4 is 10.6 Å². The lowest BCUT2D eigenvalue weighted by Gasteiger charge is -2.16. The summed E-state index contributed by atoms with van der Waals surface area (Å²) in [6.07, 6.45) is 1.63. The number of aromatic nitrogens is 4. The van der Waals surface area contributed by atoms with E-state index in [2.05, 4.69) is 25.6 Å². The molecule has 2 amide bonds. The molecule has 6 aromatic rings. The topological polar surface area (TPSA) is 105 Å². The summed E-state index contributed by atoms with van der Waals surface area (Å²) < 4.78 is 44.0. The molecule has 0 saturated heterocycles. The second-order valence-corrected chi connectivity index (χ2v) is 10.5. The fourth-order valence-corrected chi connectivity index (χ4v) is 5.63. The summed E-state index contributed by atoms with van der Waals surface area (Å²) in [4.78, 5) is 38.0. The van der Waals surface area contributed by atoms with Gasteiger partial charge in [-0.2, -0.15) is 13.2 Å². The number of aromatic amines is 1. The molecule has 0 bridgehead atoms. The average Bonchev–Trinajstić information content (AvgIpc) is 3.68. The maximum Gasteiger partial charge on any atom is 0.418 e. The number of H-pyrrole nitrogens is 1. The van der Waals surface area contributed by atoms with Gasteiger partial charge in [-0.3, -0.25) is 9.59 Å². The lowest BCUT2D eigenvalue weighted by molar-refractivity contribution is -0.137. The molecule has 4 aromatic heterocycles. The molecule has 0 radical (unpaired) electrons. The van der Waals surface area contributed by atoms with Crippen molar-refractivity contribution in [2.45, 2.75) is 20.0 Å². The van der Waals surface area contributed by atoms with Crippen molar-refractivity contribution in [1.29, 1.82) is 0 Å². The van der Waals surface area contributed by atoms with E-state index in [-0.39, 0.29) is 17.2 Å². The molecule has 206 valence electrons. The monoisotopic (exact) mass is 574 g/mol. The molecular weight excluding hydrogens is 553 g/mol. The predicted octanol–water partition coefficient (Wildman–Crippen LogP) is 7.10. The number of halogens is 3. The van der Waals surface area contributed by atoms with E-state index < -0.39 is 17.6 Å². The Labute approximate surface area is 234 Å². The fraction of sp³-hybridized carbons (Fsp3) is 0.103. The lowest BCUT2D eigenvalue weighted by atomic mass is 10.1. The second kappa shape index (κ2) is 9.89. The highest BCUT2D eigenvalue weighted by molar-refractivity contribution is 7.21. The zero-order valence-corrected chi connectivity index (χ0v) is 22.4. The van der Waals surface area contributed by atoms with Crippen LogP contribution in [0.2, 0.25) is 0 Å². The molecule has 0 unspecified atom stereocenters. The number of nitrogens with one attached hydrogen (secondary N) is 3. The highest BCUT2D eigenvalue weighted by Gasteiger charge is 2.35. The Bertz CT molecular complexity index is 1970. The summed E-state index contributed by atoms with van der Waals surface area (Å²) in [7, 11) is 0. The van der Waals surface area contributed by atoms with Gasteiger partial charge in [0.1, 0.15) is 11.5 Å². The minimum atomic E-state index is -4.70. The van der Waals surface area contributed by atoms with Crippen LogP contribution in [0.5, 0.6) is 0 Å². The van der Waals surface area contributed by atoms with Gasteiger partial charge in [0.25, 0.3) is 11.8 Å². The first kappa shape index (κ1) is 26.3. The number of hydrogen-bond donors (Lipinski definition) is 3. The molecule has 0 aliphatic heterocycles. The molecule has 12 heteroatoms. The maximum atomic E-state index is 13.9. The largest absolute Gasteiger partial charge is 0.418 e. The summed E-state index contributed by atoms with van der Waals surface area (Å²) in [6, 6.07) is 12.0. The molecule has 0 aliphatic carbocycles. The van der Waals surface area contributed by atoms with Gasteiger partial charge in [0.2, 0.25) is 0 Å². The molecule has 6 rings (SSSR count). The number of amides is 2. The van der Waals surface area contributed by atoms with Crippen LogP contribution >= 0.6 is 11.3 Å². The van der Waals surface area contributed by atoms with E-state index >= 15 is 0 Å². The van der Waals surface area contributed by atoms with Crippen LogP contribution in [-0.2, 0) is 6.18 Å². The highest BCUT2D eigenvalue weighted by atomic mass is 32.1. The Morgan fingerprint density at radius 3 is 2.56 bits per heavy atom. The van der Waals surface area contributed by atoms with E-state index in [0.29, 0.717) is 22.1 Å². The van der Waals surface area contributed by atoms with Crippen molar-refractivity contribution in [3.05, 3.63) is 101 Å². The van der Waals surface area contributed by atoms with Crippen LogP contribution in [0.1, 0.15) is 37.0 Å². The minimum Gasteiger partial charge on any atom is -0.346 e. The van der Waals surface area contributed by atoms with Gasteiger partial charge in [-0.25, -0.2) is 9.97 Å². The number of thiophene rings is 1. The zero-order chi connectivity index (χ0) is 28.9. The molecule has 0 saturated carbocycles. The van der Waals surface area contributed by atoms with Crippen molar-refractivity contribution < 1.29 is 22.8 Å². The molecule has 3 N–H and O–H groups in total. The van der Waals surface area contributed by atoms with Crippen LogP contribution in [0, 0.1) is 13.8 Å². The number of fused-ring (bicyclic) bond motifs is 3. The van der Waals surface area contributed by atoms with Crippen LogP contribution in [0.3, 0.4) is 0 Å². The van der Waals surface area contributed by atoms with Crippen molar-refractivity contribution in [3.8, 4) is 5.69 Å². The number of aryl methyl sites for hydroxylation is 2. The van der Waals surface area contributed by atoms with Gasteiger partial charge in [0, 0.05) is 57.2 Å². The third-order valence-electron chi connectivity index (χ3n) is 6.68. The average molecular weight is 575 g/mol. The van der Waals surface area contributed by atoms with E-state index in [4.69, 9.17) is 0 Å². The number of alkyl halides is 3. The molecule has 0 fully saturated rings. The first-order valence-electron chi connectivity index (χ1n) is 12.4. The number of rotatable bonds is 5. The Hall–Kier alpha value is -4.97. The Kier molecular flexibility index (Phi) is 6.34. The zero-order valence-electron chi connectivity index (χ0n) is 21.6. The van der Waals surface area contributed by atoms with Gasteiger partial charge in [-0.15, -0.1) is 11.3 Å². The number of imidazole rings is 1. The van der Waals surface area contributed by atoms with Crippen molar-refractivity contribution in [3.63, 3.8) is 0 Å². The van der Waals surface area contributed by atoms with Crippen molar-refractivity contribution in [1.82, 2.24) is 19.5 Å². The number of anilines is 2. The van der Waals surface area contributed by atoms with Gasteiger partial charge < -0.3 is 20.2 Å². The van der Waals surface area contributed by atoms with Crippen LogP contribution in [0.15, 0.2) is 73.3 Å². The summed E-state index contributed by atoms with van der Waals surface area (Å²) in [5, 5.41) is 7.28. The second-order valence-electron chi connectivity index (χ2n) is 9.41. The van der Waals surface area contributed by atoms with Gasteiger partial charge >= 0.3 is 6.18 Å². The summed E-state index contributed by atoms with van der Waals surface area (Å²) in [6.45, 7) is 3.39. The predicted molar refractivity (Wildman–Crippen MR) is 152 cm³/mol. The van der Waals surface area contributed by atoms with Crippen LogP contribution in [-0.4, -0.2) is 31.3 Å². The Morgan fingerprint density at radius 2 is 1.80 bits per heavy atom. The van der Waals surface area contributed by atoms with Gasteiger partial charge in [-0.1, -0.05) is 6.07 Å². The number of benzene rings is 2. The third kappa shape index (κ3) is 4.93. The minimum absolute atomic E-state index is 0.126. The lowest BCUT2D eigenvalue weighted by Crippen LogP contribution is -2.17. The van der Waals surface area contributed by atoms with Gasteiger partial charge in [-0.05, 0) is 61.9 Å². The Morgan fingerprint density at radius 1 is 0.976 bits per heavy atom. The number of nitrogens with zero attached hydrogens (tertiary/aromatic N) is 3. The van der Waals surface area contributed by atoms with E-state index in [1.807, 2.05) is 6.07 Å². The molecule has 41 heavy (non-hydrogen) atoms. The summed E-state index contributed by atoms with van der Waals surface area (Å²) in [5.74, 6) is -0.674. The normalized spacial score (nSPS) is 11.7. The molecule has 8 nitrogen and oxygen atoms in total. The molecule has 0 atom stereocenters. The molecular formula is C29H21F3N6O2S. The van der Waals surface area contributed by atoms with Gasteiger partial charge in [0.05, 0.1) is 16.1 Å². The van der Waals surface area contributed by atoms with Crippen molar-refractivity contribution in [2.24, 2.45) is 0 Å². The Balaban J connectivity index is 1.24. The number of hydrogen-bond acceptors (Lipinski definition) is 5. The highest BCUT2D eigenvalue weighted by Crippen LogP contribution is 2.35. The van der Waals surface area contributed by atoms with Crippen LogP contribution in [0.4, 0.5) is 24.5 Å². The molecule has 0 spiro atoms. The van der Waals surface area contributed by atoms with E-state index in [9.17, 15) is 22.8 Å². The van der Waals surface area contributed by atoms with E-state index in [1.165, 1.54) is 40.4 Å². The van der Waals surface area contributed by atoms with E-state index in [1.54, 1.807) is 50.5 Å². The van der Waals surface area contributed by atoms with Crippen molar-refractivity contribution in [2.75, 3.05) is 10.6 Å². The third-order valence-corrected chi connectivity index (χ3v) is 7.86. The maximum absolute atomic E-state index is 13.9. The standard InChI is InChI=1S/C29H21F3N6O2S/c1-15-3-5-19(13-22(15)37-28(40)24-12-18-14-35-26-20(7-8-34-26)25(18)41-24)36-27(39)17-4-6-23(21(11-17)29(30,31)32)38-10-9-33-16(38)2/h3-14H,1-2H3,(H,34,35)(H,36,39)(H,37,40). The fourth-order valence-electron chi connectivity index (χ4n) is 4.58. The first-order valence-corrected chi connectivity index (χ1v) is 13.2. The SMILES string of the molecule is Cc1ccc(NC(=O)c2ccc(-n3ccnc3C)c(C(F)(F)F)c2)cc1NC(=O)c1cc2cnc3[nH]ccc3c2s1. The quantitative estimate of drug-likeness (QED) is 0.204. The van der Waals surface area contributed by atoms with Crippen LogP contribution in [0.25, 0.3) is 26.8 Å². The van der Waals surface area contributed by atoms with E-state index in [0.717, 1.165) is 32.7 Å². The number of carbonyl (C=O) groups excluding carboxylic acids is 2. The summed E-state index contributed by atoms with van der Waals surface area (Å²) in [5.41, 5.74) is 0.994. The summed E-state index contributed by atoms with van der Waals surface area (Å²) >= 11 is 1.34. The van der Waals surface area contributed by atoms with Gasteiger partial charge in [0.15, 0.2) is 0 Å². The molecule has 2 aromatic carbocycles. The smallest absolute Gasteiger partial charge is 0.346 e. The number of carbonyl (C=O) groups is 2. The van der Waals surface area contributed by atoms with Crippen molar-refractivity contribution >= 4 is 55.6 Å².